The molecule has 27 heavy (non-hydrogen) atoms. The molecule has 3 aromatic heterocycles. The molecule has 5 nitrogen and oxygen atoms in total. The third kappa shape index (κ3) is 2.86. The van der Waals surface area contributed by atoms with Crippen LogP contribution in [0, 0.1) is 18.8 Å². The second kappa shape index (κ2) is 6.57. The molecule has 1 saturated heterocycles. The van der Waals surface area contributed by atoms with E-state index in [1.54, 1.807) is 4.40 Å². The fourth-order valence-electron chi connectivity index (χ4n) is 4.97. The summed E-state index contributed by atoms with van der Waals surface area (Å²) in [5, 5.41) is 0. The summed E-state index contributed by atoms with van der Waals surface area (Å²) in [6, 6.07) is 10.0. The van der Waals surface area contributed by atoms with E-state index in [9.17, 15) is 4.79 Å². The maximum Gasteiger partial charge on any atom is 0.261 e. The Morgan fingerprint density at radius 3 is 2.85 bits per heavy atom. The van der Waals surface area contributed by atoms with Crippen molar-refractivity contribution in [3.63, 3.8) is 0 Å². The van der Waals surface area contributed by atoms with Crippen molar-refractivity contribution in [2.75, 3.05) is 19.6 Å². The van der Waals surface area contributed by atoms with E-state index in [0.717, 1.165) is 54.8 Å². The second-order valence-electron chi connectivity index (χ2n) is 7.97. The van der Waals surface area contributed by atoms with Gasteiger partial charge in [-0.3, -0.25) is 14.2 Å². The van der Waals surface area contributed by atoms with E-state index in [0.29, 0.717) is 5.92 Å². The Morgan fingerprint density at radius 1 is 1.15 bits per heavy atom. The van der Waals surface area contributed by atoms with Gasteiger partial charge in [0.1, 0.15) is 5.65 Å². The number of likely N-dealkylation sites (tertiary alicyclic amines) is 1. The molecular formula is C22H24N4O. The summed E-state index contributed by atoms with van der Waals surface area (Å²) in [6.45, 7) is 5.19. The van der Waals surface area contributed by atoms with Crippen LogP contribution < -0.4 is 5.56 Å². The van der Waals surface area contributed by atoms with Crippen LogP contribution in [0.15, 0.2) is 53.7 Å². The fourth-order valence-corrected chi connectivity index (χ4v) is 4.97. The number of nitrogens with zero attached hydrogens (tertiary/aromatic N) is 4. The highest BCUT2D eigenvalue weighted by Gasteiger charge is 2.47. The molecular weight excluding hydrogens is 336 g/mol. The van der Waals surface area contributed by atoms with Crippen LogP contribution in [0.25, 0.3) is 5.65 Å². The average Bonchev–Trinajstić information content (AvgIpc) is 2.99. The molecule has 5 rings (SSSR count). The van der Waals surface area contributed by atoms with Gasteiger partial charge in [0.2, 0.25) is 0 Å². The standard InChI is InChI=1S/C22H24N4O/c1-15-18(22(27)26-10-3-2-4-21(26)24-15)7-11-25-13-17-12-19(20(17)14-25)16-5-8-23-9-6-16/h2-6,8-10,17,19-20H,7,11-14H2,1H3. The zero-order chi connectivity index (χ0) is 18.4. The van der Waals surface area contributed by atoms with E-state index < -0.39 is 0 Å². The third-order valence-corrected chi connectivity index (χ3v) is 6.49. The van der Waals surface area contributed by atoms with E-state index in [4.69, 9.17) is 0 Å². The highest BCUT2D eigenvalue weighted by atomic mass is 16.1. The largest absolute Gasteiger partial charge is 0.302 e. The molecule has 3 atom stereocenters. The first kappa shape index (κ1) is 16.6. The van der Waals surface area contributed by atoms with Gasteiger partial charge in [-0.25, -0.2) is 4.98 Å². The van der Waals surface area contributed by atoms with Crippen LogP contribution in [0.2, 0.25) is 0 Å². The van der Waals surface area contributed by atoms with Gasteiger partial charge in [0, 0.05) is 49.5 Å². The van der Waals surface area contributed by atoms with Gasteiger partial charge in [-0.05, 0) is 67.3 Å². The maximum atomic E-state index is 12.8. The molecule has 3 aromatic rings. The summed E-state index contributed by atoms with van der Waals surface area (Å²) in [6.07, 6.45) is 7.67. The van der Waals surface area contributed by atoms with Crippen LogP contribution in [-0.2, 0) is 6.42 Å². The van der Waals surface area contributed by atoms with Crippen molar-refractivity contribution in [3.05, 3.63) is 76.1 Å². The zero-order valence-electron chi connectivity index (χ0n) is 15.6. The number of aromatic nitrogens is 3. The zero-order valence-corrected chi connectivity index (χ0v) is 15.6. The number of hydrogen-bond acceptors (Lipinski definition) is 4. The quantitative estimate of drug-likeness (QED) is 0.718. The van der Waals surface area contributed by atoms with Crippen LogP contribution in [0.1, 0.15) is 29.2 Å². The topological polar surface area (TPSA) is 50.5 Å². The summed E-state index contributed by atoms with van der Waals surface area (Å²) in [5.41, 5.74) is 3.95. The Labute approximate surface area is 158 Å². The number of aryl methyl sites for hydroxylation is 1. The van der Waals surface area contributed by atoms with Crippen molar-refractivity contribution < 1.29 is 0 Å². The van der Waals surface area contributed by atoms with E-state index in [-0.39, 0.29) is 5.56 Å². The summed E-state index contributed by atoms with van der Waals surface area (Å²) >= 11 is 0. The summed E-state index contributed by atoms with van der Waals surface area (Å²) in [7, 11) is 0. The predicted molar refractivity (Wildman–Crippen MR) is 105 cm³/mol. The lowest BCUT2D eigenvalue weighted by molar-refractivity contribution is 0.191. The summed E-state index contributed by atoms with van der Waals surface area (Å²) in [5.74, 6) is 2.24. The lowest BCUT2D eigenvalue weighted by Crippen LogP contribution is -2.33. The van der Waals surface area contributed by atoms with Gasteiger partial charge in [-0.15, -0.1) is 0 Å². The maximum absolute atomic E-state index is 12.8. The van der Waals surface area contributed by atoms with Crippen LogP contribution >= 0.6 is 0 Å². The Balaban J connectivity index is 1.28. The molecule has 5 heteroatoms. The Hall–Kier alpha value is -2.53. The molecule has 0 amide bonds. The minimum Gasteiger partial charge on any atom is -0.302 e. The van der Waals surface area contributed by atoms with E-state index >= 15 is 0 Å². The van der Waals surface area contributed by atoms with Crippen molar-refractivity contribution in [2.45, 2.75) is 25.7 Å². The van der Waals surface area contributed by atoms with Crippen LogP contribution in [0.5, 0.6) is 0 Å². The predicted octanol–water partition coefficient (Wildman–Crippen LogP) is 2.68. The molecule has 0 bridgehead atoms. The summed E-state index contributed by atoms with van der Waals surface area (Å²) in [4.78, 5) is 24.1. The first-order valence-electron chi connectivity index (χ1n) is 9.80. The number of fused-ring (bicyclic) bond motifs is 2. The van der Waals surface area contributed by atoms with Gasteiger partial charge >= 0.3 is 0 Å². The normalized spacial score (nSPS) is 24.7. The van der Waals surface area contributed by atoms with E-state index in [1.165, 1.54) is 12.0 Å². The van der Waals surface area contributed by atoms with Crippen molar-refractivity contribution >= 4 is 5.65 Å². The molecule has 2 aliphatic rings. The van der Waals surface area contributed by atoms with Gasteiger partial charge in [0.05, 0.1) is 0 Å². The molecule has 2 fully saturated rings. The number of hydrogen-bond donors (Lipinski definition) is 0. The van der Waals surface area contributed by atoms with Crippen LogP contribution in [-0.4, -0.2) is 38.9 Å². The fraction of sp³-hybridized carbons (Fsp3) is 0.409. The molecule has 3 unspecified atom stereocenters. The molecule has 138 valence electrons. The second-order valence-corrected chi connectivity index (χ2v) is 7.97. The smallest absolute Gasteiger partial charge is 0.261 e. The third-order valence-electron chi connectivity index (χ3n) is 6.49. The first-order chi connectivity index (χ1) is 13.2. The molecule has 1 aliphatic carbocycles. The summed E-state index contributed by atoms with van der Waals surface area (Å²) < 4.78 is 1.66. The Bertz CT molecular complexity index is 1030. The van der Waals surface area contributed by atoms with Crippen LogP contribution in [0.4, 0.5) is 0 Å². The molecule has 0 spiro atoms. The highest BCUT2D eigenvalue weighted by Crippen LogP contribution is 2.51. The molecule has 0 aromatic carbocycles. The number of rotatable bonds is 4. The van der Waals surface area contributed by atoms with E-state index in [1.807, 2.05) is 43.7 Å². The molecule has 1 saturated carbocycles. The molecule has 0 N–H and O–H groups in total. The molecule has 1 aliphatic heterocycles. The average molecular weight is 360 g/mol. The van der Waals surface area contributed by atoms with Crippen molar-refractivity contribution in [2.24, 2.45) is 11.8 Å². The van der Waals surface area contributed by atoms with Gasteiger partial charge < -0.3 is 4.90 Å². The SMILES string of the molecule is Cc1nc2ccccn2c(=O)c1CCN1CC2CC(c3ccncc3)C2C1. The van der Waals surface area contributed by atoms with Gasteiger partial charge in [-0.2, -0.15) is 0 Å². The van der Waals surface area contributed by atoms with Gasteiger partial charge in [0.15, 0.2) is 0 Å². The molecule has 4 heterocycles. The highest BCUT2D eigenvalue weighted by molar-refractivity contribution is 5.40. The minimum absolute atomic E-state index is 0.0786. The van der Waals surface area contributed by atoms with Gasteiger partial charge in [0.25, 0.3) is 5.56 Å². The molecule has 0 radical (unpaired) electrons. The van der Waals surface area contributed by atoms with Crippen LogP contribution in [0.3, 0.4) is 0 Å². The lowest BCUT2D eigenvalue weighted by atomic mass is 9.64. The monoisotopic (exact) mass is 360 g/mol. The number of pyridine rings is 2. The Kier molecular flexibility index (Phi) is 4.05. The van der Waals surface area contributed by atoms with Crippen molar-refractivity contribution in [3.8, 4) is 0 Å². The van der Waals surface area contributed by atoms with Gasteiger partial charge in [-0.1, -0.05) is 6.07 Å². The minimum atomic E-state index is 0.0786. The Morgan fingerprint density at radius 2 is 2.00 bits per heavy atom. The first-order valence-corrected chi connectivity index (χ1v) is 9.80. The lowest BCUT2D eigenvalue weighted by Gasteiger charge is -2.39. The van der Waals surface area contributed by atoms with Crippen molar-refractivity contribution in [1.82, 2.24) is 19.3 Å². The van der Waals surface area contributed by atoms with Crippen molar-refractivity contribution in [1.29, 1.82) is 0 Å². The van der Waals surface area contributed by atoms with E-state index in [2.05, 4.69) is 27.0 Å².